The van der Waals surface area contributed by atoms with Crippen LogP contribution in [0.1, 0.15) is 17.3 Å². The van der Waals surface area contributed by atoms with Gasteiger partial charge in [-0.1, -0.05) is 6.92 Å². The molecule has 84 valence electrons. The minimum atomic E-state index is -0.991. The highest BCUT2D eigenvalue weighted by atomic mass is 32.2. The van der Waals surface area contributed by atoms with Crippen molar-refractivity contribution in [2.75, 3.05) is 11.5 Å². The summed E-state index contributed by atoms with van der Waals surface area (Å²) < 4.78 is 0. The van der Waals surface area contributed by atoms with Crippen LogP contribution in [-0.4, -0.2) is 26.8 Å². The van der Waals surface area contributed by atoms with Crippen LogP contribution in [0.4, 0.5) is 5.95 Å². The Bertz CT molecular complexity index is 550. The molecule has 1 aromatic heterocycles. The van der Waals surface area contributed by atoms with Crippen molar-refractivity contribution in [1.29, 1.82) is 0 Å². The van der Waals surface area contributed by atoms with Crippen molar-refractivity contribution in [3.63, 3.8) is 0 Å². The van der Waals surface area contributed by atoms with Crippen LogP contribution in [0.25, 0.3) is 11.0 Å². The number of fused-ring (bicyclic) bond motifs is 1. The number of rotatable bonds is 3. The van der Waals surface area contributed by atoms with Gasteiger partial charge in [-0.25, -0.2) is 9.78 Å². The van der Waals surface area contributed by atoms with Crippen LogP contribution in [0.15, 0.2) is 17.0 Å². The van der Waals surface area contributed by atoms with Crippen LogP contribution >= 0.6 is 11.8 Å². The maximum Gasteiger partial charge on any atom is 0.338 e. The summed E-state index contributed by atoms with van der Waals surface area (Å²) >= 11 is 1.58. The fourth-order valence-electron chi connectivity index (χ4n) is 1.52. The van der Waals surface area contributed by atoms with Gasteiger partial charge < -0.3 is 15.8 Å². The largest absolute Gasteiger partial charge is 0.478 e. The summed E-state index contributed by atoms with van der Waals surface area (Å²) in [4.78, 5) is 18.8. The first kappa shape index (κ1) is 10.8. The SMILES string of the molecule is CCSc1cc(C(=O)O)c2nc(N)[nH]c2c1. The maximum absolute atomic E-state index is 11.1. The fraction of sp³-hybridized carbons (Fsp3) is 0.200. The summed E-state index contributed by atoms with van der Waals surface area (Å²) in [7, 11) is 0. The smallest absolute Gasteiger partial charge is 0.338 e. The van der Waals surface area contributed by atoms with E-state index in [2.05, 4.69) is 9.97 Å². The molecule has 0 atom stereocenters. The molecule has 2 rings (SSSR count). The molecule has 2 aromatic rings. The molecule has 0 radical (unpaired) electrons. The van der Waals surface area contributed by atoms with Gasteiger partial charge in [0, 0.05) is 4.90 Å². The number of imidazole rings is 1. The Balaban J connectivity index is 2.67. The van der Waals surface area contributed by atoms with Crippen LogP contribution < -0.4 is 5.73 Å². The number of nitrogens with zero attached hydrogens (tertiary/aromatic N) is 1. The number of nitrogens with two attached hydrogens (primary N) is 1. The number of hydrogen-bond donors (Lipinski definition) is 3. The van der Waals surface area contributed by atoms with Gasteiger partial charge in [0.15, 0.2) is 5.95 Å². The van der Waals surface area contributed by atoms with Gasteiger partial charge in [0.2, 0.25) is 0 Å². The number of carbonyl (C=O) groups is 1. The molecule has 0 aliphatic rings. The highest BCUT2D eigenvalue weighted by molar-refractivity contribution is 7.99. The number of anilines is 1. The van der Waals surface area contributed by atoms with E-state index in [0.717, 1.165) is 10.6 Å². The van der Waals surface area contributed by atoms with Crippen LogP contribution in [0, 0.1) is 0 Å². The van der Waals surface area contributed by atoms with E-state index in [4.69, 9.17) is 10.8 Å². The molecule has 0 amide bonds. The van der Waals surface area contributed by atoms with E-state index in [1.807, 2.05) is 13.0 Å². The van der Waals surface area contributed by atoms with E-state index in [1.165, 1.54) is 0 Å². The third-order valence-electron chi connectivity index (χ3n) is 2.12. The number of carboxylic acid groups (broad SMARTS) is 1. The van der Waals surface area contributed by atoms with E-state index in [9.17, 15) is 4.79 Å². The number of benzene rings is 1. The van der Waals surface area contributed by atoms with Crippen LogP contribution in [0.3, 0.4) is 0 Å². The molecule has 0 saturated heterocycles. The van der Waals surface area contributed by atoms with Crippen molar-refractivity contribution in [3.05, 3.63) is 17.7 Å². The number of H-pyrrole nitrogens is 1. The lowest BCUT2D eigenvalue weighted by atomic mass is 10.2. The monoisotopic (exact) mass is 237 g/mol. The molecular weight excluding hydrogens is 226 g/mol. The molecule has 0 aliphatic carbocycles. The average Bonchev–Trinajstić information content (AvgIpc) is 2.57. The topological polar surface area (TPSA) is 92.0 Å². The number of nitrogen functional groups attached to an aromatic ring is 1. The molecule has 0 unspecified atom stereocenters. The number of nitrogens with one attached hydrogen (secondary N) is 1. The molecule has 0 spiro atoms. The second-order valence-corrected chi connectivity index (χ2v) is 4.56. The van der Waals surface area contributed by atoms with Crippen molar-refractivity contribution in [2.45, 2.75) is 11.8 Å². The Labute approximate surface area is 96.1 Å². The predicted octanol–water partition coefficient (Wildman–Crippen LogP) is 1.96. The van der Waals surface area contributed by atoms with E-state index in [1.54, 1.807) is 17.8 Å². The Kier molecular flexibility index (Phi) is 2.74. The van der Waals surface area contributed by atoms with Crippen molar-refractivity contribution in [1.82, 2.24) is 9.97 Å². The Hall–Kier alpha value is -1.69. The molecular formula is C10H11N3O2S. The lowest BCUT2D eigenvalue weighted by Crippen LogP contribution is -1.98. The summed E-state index contributed by atoms with van der Waals surface area (Å²) in [6.45, 7) is 2.01. The molecule has 0 aliphatic heterocycles. The zero-order valence-corrected chi connectivity index (χ0v) is 9.47. The summed E-state index contributed by atoms with van der Waals surface area (Å²) in [6, 6.07) is 3.48. The normalized spacial score (nSPS) is 10.8. The molecule has 16 heavy (non-hydrogen) atoms. The van der Waals surface area contributed by atoms with Crippen molar-refractivity contribution < 1.29 is 9.90 Å². The highest BCUT2D eigenvalue weighted by Gasteiger charge is 2.13. The molecule has 0 saturated carbocycles. The minimum Gasteiger partial charge on any atom is -0.478 e. The van der Waals surface area contributed by atoms with Gasteiger partial charge >= 0.3 is 5.97 Å². The zero-order chi connectivity index (χ0) is 11.7. The van der Waals surface area contributed by atoms with Crippen LogP contribution in [0.2, 0.25) is 0 Å². The second kappa shape index (κ2) is 4.05. The quantitative estimate of drug-likeness (QED) is 0.710. The number of aromatic amines is 1. The van der Waals surface area contributed by atoms with Gasteiger partial charge in [0.1, 0.15) is 5.52 Å². The first-order valence-corrected chi connectivity index (χ1v) is 5.75. The van der Waals surface area contributed by atoms with Gasteiger partial charge in [-0.15, -0.1) is 11.8 Å². The molecule has 5 nitrogen and oxygen atoms in total. The second-order valence-electron chi connectivity index (χ2n) is 3.23. The molecule has 6 heteroatoms. The standard InChI is InChI=1S/C10H11N3O2S/c1-2-16-5-3-6(9(14)15)8-7(4-5)12-10(11)13-8/h3-4H,2H2,1H3,(H,14,15)(H3,11,12,13). The molecule has 4 N–H and O–H groups in total. The summed E-state index contributed by atoms with van der Waals surface area (Å²) in [5, 5.41) is 9.08. The fourth-order valence-corrected chi connectivity index (χ4v) is 2.26. The Morgan fingerprint density at radius 1 is 1.62 bits per heavy atom. The van der Waals surface area contributed by atoms with E-state index < -0.39 is 5.97 Å². The number of hydrogen-bond acceptors (Lipinski definition) is 4. The summed E-state index contributed by atoms with van der Waals surface area (Å²) in [5.41, 5.74) is 6.77. The van der Waals surface area contributed by atoms with Crippen molar-refractivity contribution in [2.24, 2.45) is 0 Å². The zero-order valence-electron chi connectivity index (χ0n) is 8.65. The maximum atomic E-state index is 11.1. The predicted molar refractivity (Wildman–Crippen MR) is 63.9 cm³/mol. The number of aromatic nitrogens is 2. The molecule has 0 fully saturated rings. The highest BCUT2D eigenvalue weighted by Crippen LogP contribution is 2.26. The van der Waals surface area contributed by atoms with Crippen LogP contribution in [0.5, 0.6) is 0 Å². The average molecular weight is 237 g/mol. The van der Waals surface area contributed by atoms with Crippen molar-refractivity contribution in [3.8, 4) is 0 Å². The van der Waals surface area contributed by atoms with Gasteiger partial charge in [0.05, 0.1) is 11.1 Å². The Morgan fingerprint density at radius 2 is 2.38 bits per heavy atom. The summed E-state index contributed by atoms with van der Waals surface area (Å²) in [5.74, 6) is 0.125. The summed E-state index contributed by atoms with van der Waals surface area (Å²) in [6.07, 6.45) is 0. The third kappa shape index (κ3) is 1.83. The van der Waals surface area contributed by atoms with Gasteiger partial charge in [-0.05, 0) is 17.9 Å². The lowest BCUT2D eigenvalue weighted by Gasteiger charge is -2.01. The van der Waals surface area contributed by atoms with Crippen molar-refractivity contribution >= 4 is 34.7 Å². The van der Waals surface area contributed by atoms with E-state index in [-0.39, 0.29) is 11.5 Å². The Morgan fingerprint density at radius 3 is 3.00 bits per heavy atom. The van der Waals surface area contributed by atoms with Gasteiger partial charge in [0.25, 0.3) is 0 Å². The van der Waals surface area contributed by atoms with Crippen LogP contribution in [-0.2, 0) is 0 Å². The number of thioether (sulfide) groups is 1. The first-order valence-electron chi connectivity index (χ1n) is 4.77. The molecule has 1 aromatic carbocycles. The molecule has 1 heterocycles. The lowest BCUT2D eigenvalue weighted by molar-refractivity contribution is 0.0698. The number of carboxylic acids is 1. The minimum absolute atomic E-state index is 0.182. The first-order chi connectivity index (χ1) is 7.61. The van der Waals surface area contributed by atoms with E-state index in [0.29, 0.717) is 11.0 Å². The third-order valence-corrected chi connectivity index (χ3v) is 2.98. The number of aromatic carboxylic acids is 1. The molecule has 0 bridgehead atoms. The van der Waals surface area contributed by atoms with E-state index >= 15 is 0 Å². The van der Waals surface area contributed by atoms with Gasteiger partial charge in [-0.3, -0.25) is 0 Å². The van der Waals surface area contributed by atoms with Gasteiger partial charge in [-0.2, -0.15) is 0 Å².